The summed E-state index contributed by atoms with van der Waals surface area (Å²) in [6.07, 6.45) is 1.57. The van der Waals surface area contributed by atoms with Crippen LogP contribution in [0.15, 0.2) is 41.3 Å². The number of pyridine rings is 1. The normalized spacial score (nSPS) is 13.2. The molecule has 2 rings (SSSR count). The molecule has 0 saturated carbocycles. The predicted molar refractivity (Wildman–Crippen MR) is 97.0 cm³/mol. The van der Waals surface area contributed by atoms with E-state index in [9.17, 15) is 14.7 Å². The van der Waals surface area contributed by atoms with Crippen molar-refractivity contribution in [2.45, 2.75) is 39.8 Å². The van der Waals surface area contributed by atoms with Gasteiger partial charge in [0.1, 0.15) is 5.75 Å². The Bertz CT molecular complexity index is 824. The summed E-state index contributed by atoms with van der Waals surface area (Å²) in [5.74, 6) is 0.142. The van der Waals surface area contributed by atoms with Gasteiger partial charge < -0.3 is 19.7 Å². The second-order valence-corrected chi connectivity index (χ2v) is 6.31. The van der Waals surface area contributed by atoms with Gasteiger partial charge in [-0.25, -0.2) is 0 Å². The van der Waals surface area contributed by atoms with Gasteiger partial charge in [0.05, 0.1) is 13.2 Å². The van der Waals surface area contributed by atoms with E-state index < -0.39 is 11.5 Å². The molecule has 1 aromatic heterocycles. The third kappa shape index (κ3) is 4.70. The lowest BCUT2D eigenvalue weighted by atomic mass is 10.1. The standard InChI is InChI=1S/C19H24N2O4/c1-5-25-15-6-7-16(14(3)11-15)20-18(23)19(4,24)12-21-9-8-13(2)10-17(21)22/h6-11,24H,5,12H2,1-4H3,(H,20,23)/t19-/m1/s1. The lowest BCUT2D eigenvalue weighted by Gasteiger charge is -2.24. The second-order valence-electron chi connectivity index (χ2n) is 6.31. The average molecular weight is 344 g/mol. The van der Waals surface area contributed by atoms with Gasteiger partial charge in [-0.15, -0.1) is 0 Å². The van der Waals surface area contributed by atoms with Gasteiger partial charge in [0.15, 0.2) is 5.60 Å². The van der Waals surface area contributed by atoms with Crippen LogP contribution in [0.25, 0.3) is 0 Å². The van der Waals surface area contributed by atoms with Crippen LogP contribution in [-0.4, -0.2) is 27.8 Å². The quantitative estimate of drug-likeness (QED) is 0.842. The summed E-state index contributed by atoms with van der Waals surface area (Å²) in [6.45, 7) is 7.37. The van der Waals surface area contributed by atoms with Crippen LogP contribution in [0.5, 0.6) is 5.75 Å². The number of carbonyl (C=O) groups is 1. The fourth-order valence-electron chi connectivity index (χ4n) is 2.43. The van der Waals surface area contributed by atoms with E-state index in [0.717, 1.165) is 16.9 Å². The largest absolute Gasteiger partial charge is 0.494 e. The summed E-state index contributed by atoms with van der Waals surface area (Å²) in [5, 5.41) is 13.2. The molecule has 0 saturated heterocycles. The minimum Gasteiger partial charge on any atom is -0.494 e. The van der Waals surface area contributed by atoms with E-state index in [1.807, 2.05) is 26.8 Å². The molecule has 25 heavy (non-hydrogen) atoms. The molecule has 1 aromatic carbocycles. The number of amides is 1. The first-order valence-corrected chi connectivity index (χ1v) is 8.17. The zero-order valence-corrected chi connectivity index (χ0v) is 15.0. The summed E-state index contributed by atoms with van der Waals surface area (Å²) >= 11 is 0. The number of carbonyl (C=O) groups excluding carboxylic acids is 1. The fraction of sp³-hybridized carbons (Fsp3) is 0.368. The third-order valence-electron chi connectivity index (χ3n) is 3.88. The summed E-state index contributed by atoms with van der Waals surface area (Å²) in [6, 6.07) is 8.52. The van der Waals surface area contributed by atoms with Crippen LogP contribution in [0.2, 0.25) is 0 Å². The van der Waals surface area contributed by atoms with Crippen LogP contribution in [0, 0.1) is 13.8 Å². The molecule has 1 heterocycles. The van der Waals surface area contributed by atoms with E-state index >= 15 is 0 Å². The molecule has 0 radical (unpaired) electrons. The minimum atomic E-state index is -1.73. The topological polar surface area (TPSA) is 80.6 Å². The lowest BCUT2D eigenvalue weighted by Crippen LogP contribution is -2.45. The highest BCUT2D eigenvalue weighted by atomic mass is 16.5. The number of aryl methyl sites for hydroxylation is 2. The predicted octanol–water partition coefficient (Wildman–Crippen LogP) is 2.25. The van der Waals surface area contributed by atoms with Gasteiger partial charge in [0, 0.05) is 18.0 Å². The van der Waals surface area contributed by atoms with Gasteiger partial charge in [-0.05, 0) is 63.1 Å². The molecule has 134 valence electrons. The van der Waals surface area contributed by atoms with Crippen molar-refractivity contribution in [3.63, 3.8) is 0 Å². The van der Waals surface area contributed by atoms with E-state index in [2.05, 4.69) is 5.32 Å². The molecule has 6 nitrogen and oxygen atoms in total. The summed E-state index contributed by atoms with van der Waals surface area (Å²) in [5.41, 5.74) is 0.248. The molecule has 0 aliphatic rings. The Kier molecular flexibility index (Phi) is 5.64. The molecule has 0 fully saturated rings. The third-order valence-corrected chi connectivity index (χ3v) is 3.88. The van der Waals surface area contributed by atoms with Crippen LogP contribution in [0.3, 0.4) is 0 Å². The number of hydrogen-bond donors (Lipinski definition) is 2. The highest BCUT2D eigenvalue weighted by Gasteiger charge is 2.31. The number of rotatable bonds is 6. The maximum atomic E-state index is 12.5. The number of anilines is 1. The number of aromatic nitrogens is 1. The number of benzene rings is 1. The van der Waals surface area contributed by atoms with Crippen molar-refractivity contribution in [2.24, 2.45) is 0 Å². The zero-order chi connectivity index (χ0) is 18.6. The van der Waals surface area contributed by atoms with Crippen LogP contribution in [0.1, 0.15) is 25.0 Å². The van der Waals surface area contributed by atoms with Crippen molar-refractivity contribution in [3.8, 4) is 5.75 Å². The molecular formula is C19H24N2O4. The van der Waals surface area contributed by atoms with Crippen molar-refractivity contribution in [1.29, 1.82) is 0 Å². The highest BCUT2D eigenvalue weighted by Crippen LogP contribution is 2.22. The van der Waals surface area contributed by atoms with Crippen LogP contribution >= 0.6 is 0 Å². The Labute approximate surface area is 147 Å². The summed E-state index contributed by atoms with van der Waals surface area (Å²) < 4.78 is 6.73. The number of ether oxygens (including phenoxy) is 1. The molecule has 1 amide bonds. The Morgan fingerprint density at radius 1 is 1.28 bits per heavy atom. The first-order valence-electron chi connectivity index (χ1n) is 8.17. The Balaban J connectivity index is 2.14. The van der Waals surface area contributed by atoms with Crippen molar-refractivity contribution < 1.29 is 14.6 Å². The average Bonchev–Trinajstić information content (AvgIpc) is 2.53. The molecule has 0 aliphatic carbocycles. The Morgan fingerprint density at radius 3 is 2.60 bits per heavy atom. The highest BCUT2D eigenvalue weighted by molar-refractivity contribution is 5.97. The molecule has 0 unspecified atom stereocenters. The van der Waals surface area contributed by atoms with Crippen molar-refractivity contribution in [1.82, 2.24) is 4.57 Å². The molecule has 2 N–H and O–H groups in total. The van der Waals surface area contributed by atoms with Crippen LogP contribution in [0.4, 0.5) is 5.69 Å². The molecule has 6 heteroatoms. The maximum Gasteiger partial charge on any atom is 0.257 e. The molecule has 0 bridgehead atoms. The SMILES string of the molecule is CCOc1ccc(NC(=O)[C@](C)(O)Cn2ccc(C)cc2=O)c(C)c1. The van der Waals surface area contributed by atoms with Crippen LogP contribution in [-0.2, 0) is 11.3 Å². The summed E-state index contributed by atoms with van der Waals surface area (Å²) in [4.78, 5) is 24.4. The fourth-order valence-corrected chi connectivity index (χ4v) is 2.43. The van der Waals surface area contributed by atoms with E-state index in [4.69, 9.17) is 4.74 Å². The first kappa shape index (κ1) is 18.7. The van der Waals surface area contributed by atoms with Gasteiger partial charge >= 0.3 is 0 Å². The van der Waals surface area contributed by atoms with Crippen molar-refractivity contribution in [3.05, 3.63) is 58.0 Å². The molecule has 0 aliphatic heterocycles. The molecule has 2 aromatic rings. The lowest BCUT2D eigenvalue weighted by molar-refractivity contribution is -0.133. The van der Waals surface area contributed by atoms with Gasteiger partial charge in [0.25, 0.3) is 11.5 Å². The van der Waals surface area contributed by atoms with Crippen molar-refractivity contribution >= 4 is 11.6 Å². The van der Waals surface area contributed by atoms with Crippen LogP contribution < -0.4 is 15.6 Å². The minimum absolute atomic E-state index is 0.131. The van der Waals surface area contributed by atoms with Gasteiger partial charge in [0.2, 0.25) is 0 Å². The molecular weight excluding hydrogens is 320 g/mol. The maximum absolute atomic E-state index is 12.5. The Hall–Kier alpha value is -2.60. The number of aliphatic hydroxyl groups is 1. The van der Waals surface area contributed by atoms with Crippen molar-refractivity contribution in [2.75, 3.05) is 11.9 Å². The Morgan fingerprint density at radius 2 is 2.00 bits per heavy atom. The monoisotopic (exact) mass is 344 g/mol. The van der Waals surface area contributed by atoms with Gasteiger partial charge in [-0.2, -0.15) is 0 Å². The number of nitrogens with one attached hydrogen (secondary N) is 1. The van der Waals surface area contributed by atoms with E-state index in [1.165, 1.54) is 17.6 Å². The smallest absolute Gasteiger partial charge is 0.257 e. The summed E-state index contributed by atoms with van der Waals surface area (Å²) in [7, 11) is 0. The second kappa shape index (κ2) is 7.53. The first-order chi connectivity index (χ1) is 11.7. The number of nitrogens with zero attached hydrogens (tertiary/aromatic N) is 1. The van der Waals surface area contributed by atoms with Gasteiger partial charge in [-0.3, -0.25) is 9.59 Å². The molecule has 0 spiro atoms. The van der Waals surface area contributed by atoms with E-state index in [0.29, 0.717) is 12.3 Å². The molecule has 1 atom stereocenters. The zero-order valence-electron chi connectivity index (χ0n) is 15.0. The van der Waals surface area contributed by atoms with Gasteiger partial charge in [-0.1, -0.05) is 0 Å². The number of hydrogen-bond acceptors (Lipinski definition) is 4. The van der Waals surface area contributed by atoms with E-state index in [1.54, 1.807) is 24.4 Å². The van der Waals surface area contributed by atoms with E-state index in [-0.39, 0.29) is 12.1 Å².